The number of carbonyl (C=O) groups is 1. The molecule has 0 heterocycles. The maximum Gasteiger partial charge on any atom is 0.139 e. The summed E-state index contributed by atoms with van der Waals surface area (Å²) >= 11 is 0. The van der Waals surface area contributed by atoms with E-state index in [1.165, 1.54) is 25.7 Å². The molecule has 2 nitrogen and oxygen atoms in total. The van der Waals surface area contributed by atoms with Gasteiger partial charge < -0.3 is 5.73 Å². The van der Waals surface area contributed by atoms with Crippen LogP contribution in [0.15, 0.2) is 0 Å². The van der Waals surface area contributed by atoms with Gasteiger partial charge >= 0.3 is 0 Å². The number of hydrogen-bond donors (Lipinski definition) is 1. The van der Waals surface area contributed by atoms with Crippen molar-refractivity contribution in [2.24, 2.45) is 23.5 Å². The minimum absolute atomic E-state index is 0.385. The van der Waals surface area contributed by atoms with E-state index in [1.54, 1.807) is 0 Å². The number of nitrogens with two attached hydrogens (primary N) is 1. The first-order valence-corrected chi connectivity index (χ1v) is 6.55. The van der Waals surface area contributed by atoms with E-state index in [4.69, 9.17) is 5.73 Å². The fraction of sp³-hybridized carbons (Fsp3) is 0.923. The standard InChI is InChI=1S/C13H23NO/c14-9-10-5-7-12(8-6-10)13(15)11-3-1-2-4-11/h10-12H,1-9,14H2. The quantitative estimate of drug-likeness (QED) is 0.776. The van der Waals surface area contributed by atoms with Crippen LogP contribution >= 0.6 is 0 Å². The summed E-state index contributed by atoms with van der Waals surface area (Å²) in [5.41, 5.74) is 5.66. The lowest BCUT2D eigenvalue weighted by atomic mass is 9.77. The SMILES string of the molecule is NCC1CCC(C(=O)C2CCCC2)CC1. The van der Waals surface area contributed by atoms with Crippen LogP contribution in [-0.4, -0.2) is 12.3 Å². The molecule has 2 heteroatoms. The average molecular weight is 209 g/mol. The van der Waals surface area contributed by atoms with Crippen molar-refractivity contribution in [3.63, 3.8) is 0 Å². The van der Waals surface area contributed by atoms with E-state index < -0.39 is 0 Å². The second-order valence-corrected chi connectivity index (χ2v) is 5.34. The van der Waals surface area contributed by atoms with Crippen LogP contribution in [-0.2, 0) is 4.79 Å². The molecule has 0 aromatic rings. The highest BCUT2D eigenvalue weighted by Gasteiger charge is 2.31. The second kappa shape index (κ2) is 5.11. The molecule has 0 aromatic carbocycles. The number of carbonyl (C=O) groups excluding carboxylic acids is 1. The predicted molar refractivity (Wildman–Crippen MR) is 61.5 cm³/mol. The van der Waals surface area contributed by atoms with Gasteiger partial charge in [-0.05, 0) is 51.0 Å². The van der Waals surface area contributed by atoms with Crippen molar-refractivity contribution in [2.75, 3.05) is 6.54 Å². The summed E-state index contributed by atoms with van der Waals surface area (Å²) in [4.78, 5) is 12.2. The van der Waals surface area contributed by atoms with Crippen LogP contribution in [0.2, 0.25) is 0 Å². The van der Waals surface area contributed by atoms with Gasteiger partial charge in [0.15, 0.2) is 0 Å². The van der Waals surface area contributed by atoms with E-state index in [0.717, 1.165) is 32.2 Å². The molecule has 2 aliphatic rings. The zero-order valence-electron chi connectivity index (χ0n) is 9.58. The van der Waals surface area contributed by atoms with Crippen molar-refractivity contribution in [3.8, 4) is 0 Å². The Morgan fingerprint density at radius 1 is 0.933 bits per heavy atom. The van der Waals surface area contributed by atoms with Gasteiger partial charge in [-0.3, -0.25) is 4.79 Å². The monoisotopic (exact) mass is 209 g/mol. The molecule has 0 radical (unpaired) electrons. The Bertz CT molecular complexity index is 213. The van der Waals surface area contributed by atoms with E-state index >= 15 is 0 Å². The van der Waals surface area contributed by atoms with Gasteiger partial charge in [0.2, 0.25) is 0 Å². The van der Waals surface area contributed by atoms with Gasteiger partial charge in [-0.1, -0.05) is 12.8 Å². The highest BCUT2D eigenvalue weighted by Crippen LogP contribution is 2.34. The topological polar surface area (TPSA) is 43.1 Å². The van der Waals surface area contributed by atoms with Gasteiger partial charge in [-0.2, -0.15) is 0 Å². The molecule has 0 unspecified atom stereocenters. The van der Waals surface area contributed by atoms with Crippen molar-refractivity contribution in [2.45, 2.75) is 51.4 Å². The first kappa shape index (κ1) is 11.1. The van der Waals surface area contributed by atoms with Gasteiger partial charge in [0.1, 0.15) is 5.78 Å². The van der Waals surface area contributed by atoms with Crippen LogP contribution in [0, 0.1) is 17.8 Å². The maximum atomic E-state index is 12.2. The highest BCUT2D eigenvalue weighted by atomic mass is 16.1. The number of Topliss-reactive ketones (excluding diaryl/α,β-unsaturated/α-hetero) is 1. The molecule has 2 N–H and O–H groups in total. The van der Waals surface area contributed by atoms with Gasteiger partial charge in [-0.15, -0.1) is 0 Å². The lowest BCUT2D eigenvalue weighted by Crippen LogP contribution is -2.28. The van der Waals surface area contributed by atoms with E-state index in [2.05, 4.69) is 0 Å². The lowest BCUT2D eigenvalue weighted by Gasteiger charge is -2.28. The smallest absolute Gasteiger partial charge is 0.139 e. The molecule has 0 spiro atoms. The number of rotatable bonds is 3. The largest absolute Gasteiger partial charge is 0.330 e. The van der Waals surface area contributed by atoms with Gasteiger partial charge in [0.05, 0.1) is 0 Å². The number of ketones is 1. The normalized spacial score (nSPS) is 33.1. The molecule has 15 heavy (non-hydrogen) atoms. The summed E-state index contributed by atoms with van der Waals surface area (Å²) in [7, 11) is 0. The van der Waals surface area contributed by atoms with E-state index in [0.29, 0.717) is 23.5 Å². The molecule has 2 rings (SSSR count). The molecule has 2 saturated carbocycles. The highest BCUT2D eigenvalue weighted by molar-refractivity contribution is 5.83. The fourth-order valence-electron chi connectivity index (χ4n) is 3.23. The summed E-state index contributed by atoms with van der Waals surface area (Å²) in [5, 5.41) is 0. The lowest BCUT2D eigenvalue weighted by molar-refractivity contribution is -0.127. The van der Waals surface area contributed by atoms with Crippen molar-refractivity contribution in [1.29, 1.82) is 0 Å². The zero-order chi connectivity index (χ0) is 10.7. The molecule has 0 bridgehead atoms. The summed E-state index contributed by atoms with van der Waals surface area (Å²) in [5.74, 6) is 2.08. The molecule has 2 aliphatic carbocycles. The van der Waals surface area contributed by atoms with Crippen molar-refractivity contribution < 1.29 is 4.79 Å². The summed E-state index contributed by atoms with van der Waals surface area (Å²) in [6.45, 7) is 0.810. The van der Waals surface area contributed by atoms with Crippen molar-refractivity contribution in [3.05, 3.63) is 0 Å². The third-order valence-corrected chi connectivity index (χ3v) is 4.34. The Hall–Kier alpha value is -0.370. The minimum atomic E-state index is 0.385. The Kier molecular flexibility index (Phi) is 3.79. The molecule has 0 aromatic heterocycles. The van der Waals surface area contributed by atoms with Crippen molar-refractivity contribution in [1.82, 2.24) is 0 Å². The minimum Gasteiger partial charge on any atom is -0.330 e. The Labute approximate surface area is 92.6 Å². The van der Waals surface area contributed by atoms with E-state index in [-0.39, 0.29) is 0 Å². The van der Waals surface area contributed by atoms with Crippen molar-refractivity contribution >= 4 is 5.78 Å². The molecule has 2 fully saturated rings. The molecule has 0 aliphatic heterocycles. The molecule has 0 atom stereocenters. The van der Waals surface area contributed by atoms with E-state index in [1.807, 2.05) is 0 Å². The maximum absolute atomic E-state index is 12.2. The van der Waals surface area contributed by atoms with E-state index in [9.17, 15) is 4.79 Å². The van der Waals surface area contributed by atoms with Crippen LogP contribution in [0.1, 0.15) is 51.4 Å². The van der Waals surface area contributed by atoms with Gasteiger partial charge in [-0.25, -0.2) is 0 Å². The molecule has 0 saturated heterocycles. The van der Waals surface area contributed by atoms with Crippen LogP contribution in [0.5, 0.6) is 0 Å². The molecule has 0 amide bonds. The molecule has 86 valence electrons. The molecular formula is C13H23NO. The summed E-state index contributed by atoms with van der Waals surface area (Å²) < 4.78 is 0. The van der Waals surface area contributed by atoms with Crippen LogP contribution < -0.4 is 5.73 Å². The van der Waals surface area contributed by atoms with Gasteiger partial charge in [0, 0.05) is 11.8 Å². The molecular weight excluding hydrogens is 186 g/mol. The van der Waals surface area contributed by atoms with Crippen LogP contribution in [0.4, 0.5) is 0 Å². The Morgan fingerprint density at radius 2 is 1.47 bits per heavy atom. The fourth-order valence-corrected chi connectivity index (χ4v) is 3.23. The van der Waals surface area contributed by atoms with Crippen LogP contribution in [0.25, 0.3) is 0 Å². The zero-order valence-corrected chi connectivity index (χ0v) is 9.58. The van der Waals surface area contributed by atoms with Gasteiger partial charge in [0.25, 0.3) is 0 Å². The predicted octanol–water partition coefficient (Wildman–Crippen LogP) is 2.51. The Balaban J connectivity index is 1.81. The second-order valence-electron chi connectivity index (χ2n) is 5.34. The third kappa shape index (κ3) is 2.60. The first-order chi connectivity index (χ1) is 7.31. The first-order valence-electron chi connectivity index (χ1n) is 6.55. The van der Waals surface area contributed by atoms with Crippen LogP contribution in [0.3, 0.4) is 0 Å². The average Bonchev–Trinajstić information content (AvgIpc) is 2.82. The summed E-state index contributed by atoms with van der Waals surface area (Å²) in [6, 6.07) is 0. The summed E-state index contributed by atoms with van der Waals surface area (Å²) in [6.07, 6.45) is 9.45. The number of hydrogen-bond acceptors (Lipinski definition) is 2. The Morgan fingerprint density at radius 3 is 2.00 bits per heavy atom. The third-order valence-electron chi connectivity index (χ3n) is 4.34.